The predicted octanol–water partition coefficient (Wildman–Crippen LogP) is 2.68. The van der Waals surface area contributed by atoms with Gasteiger partial charge in [-0.15, -0.1) is 0 Å². The van der Waals surface area contributed by atoms with Gasteiger partial charge in [0.25, 0.3) is 5.91 Å². The number of benzene rings is 2. The molecule has 2 amide bonds. The molecule has 0 spiro atoms. The first-order valence-electron chi connectivity index (χ1n) is 8.45. The predicted molar refractivity (Wildman–Crippen MR) is 106 cm³/mol. The number of nitrogens with zero attached hydrogens (tertiary/aromatic N) is 2. The Bertz CT molecular complexity index is 1120. The van der Waals surface area contributed by atoms with Crippen molar-refractivity contribution >= 4 is 34.5 Å². The highest BCUT2D eigenvalue weighted by molar-refractivity contribution is 6.10. The number of nitriles is 1. The van der Waals surface area contributed by atoms with Gasteiger partial charge in [0.1, 0.15) is 23.9 Å². The van der Waals surface area contributed by atoms with Crippen molar-refractivity contribution in [3.05, 3.63) is 65.9 Å². The van der Waals surface area contributed by atoms with Crippen molar-refractivity contribution in [3.63, 3.8) is 0 Å². The fourth-order valence-corrected chi connectivity index (χ4v) is 2.89. The van der Waals surface area contributed by atoms with E-state index in [2.05, 4.69) is 5.32 Å². The van der Waals surface area contributed by atoms with Crippen LogP contribution in [0.5, 0.6) is 5.75 Å². The number of carbonyl (C=O) groups excluding carboxylic acids is 2. The molecule has 140 valence electrons. The standard InChI is InChI=1S/C21H18N4O3/c1-28-17-6-4-5-16(10-17)24-21(27)14(11-22)9-15-12-25(13-20(23)26)19-8-3-2-7-18(15)19/h2-10,12H,13H2,1H3,(H2,23,26)(H,24,27)/b14-9-. The fraction of sp³-hybridized carbons (Fsp3) is 0.0952. The van der Waals surface area contributed by atoms with Crippen LogP contribution in [-0.4, -0.2) is 23.5 Å². The first-order valence-corrected chi connectivity index (χ1v) is 8.45. The summed E-state index contributed by atoms with van der Waals surface area (Å²) in [7, 11) is 1.53. The van der Waals surface area contributed by atoms with Crippen molar-refractivity contribution in [2.75, 3.05) is 12.4 Å². The monoisotopic (exact) mass is 374 g/mol. The number of carbonyl (C=O) groups is 2. The zero-order valence-electron chi connectivity index (χ0n) is 15.2. The van der Waals surface area contributed by atoms with Crippen LogP contribution in [0.15, 0.2) is 60.3 Å². The largest absolute Gasteiger partial charge is 0.497 e. The molecule has 0 aliphatic heterocycles. The molecule has 0 atom stereocenters. The molecule has 0 aliphatic carbocycles. The van der Waals surface area contributed by atoms with Crippen molar-refractivity contribution in [3.8, 4) is 11.8 Å². The van der Waals surface area contributed by atoms with E-state index in [1.54, 1.807) is 35.0 Å². The van der Waals surface area contributed by atoms with Crippen LogP contribution in [0.4, 0.5) is 5.69 Å². The highest BCUT2D eigenvalue weighted by Gasteiger charge is 2.13. The minimum atomic E-state index is -0.539. The minimum absolute atomic E-state index is 0.00620. The number of methoxy groups -OCH3 is 1. The molecule has 28 heavy (non-hydrogen) atoms. The Morgan fingerprint density at radius 2 is 2.04 bits per heavy atom. The number of fused-ring (bicyclic) bond motifs is 1. The van der Waals surface area contributed by atoms with Crippen LogP contribution in [0, 0.1) is 11.3 Å². The summed E-state index contributed by atoms with van der Waals surface area (Å²) >= 11 is 0. The zero-order valence-corrected chi connectivity index (χ0v) is 15.2. The van der Waals surface area contributed by atoms with Crippen LogP contribution < -0.4 is 15.8 Å². The molecule has 2 aromatic carbocycles. The topological polar surface area (TPSA) is 110 Å². The van der Waals surface area contributed by atoms with E-state index in [1.165, 1.54) is 13.2 Å². The SMILES string of the molecule is COc1cccc(NC(=O)/C(C#N)=C\c2cn(CC(N)=O)c3ccccc23)c1. The normalized spacial score (nSPS) is 11.1. The van der Waals surface area contributed by atoms with E-state index in [0.29, 0.717) is 17.0 Å². The Morgan fingerprint density at radius 1 is 1.25 bits per heavy atom. The van der Waals surface area contributed by atoms with Crippen molar-refractivity contribution in [1.29, 1.82) is 5.26 Å². The molecule has 3 rings (SSSR count). The van der Waals surface area contributed by atoms with Gasteiger partial charge in [-0.05, 0) is 24.3 Å². The van der Waals surface area contributed by atoms with Crippen molar-refractivity contribution in [2.24, 2.45) is 5.73 Å². The van der Waals surface area contributed by atoms with Crippen LogP contribution in [0.3, 0.4) is 0 Å². The maximum Gasteiger partial charge on any atom is 0.266 e. The van der Waals surface area contributed by atoms with E-state index in [4.69, 9.17) is 10.5 Å². The summed E-state index contributed by atoms with van der Waals surface area (Å²) in [5.74, 6) is -0.426. The van der Waals surface area contributed by atoms with E-state index in [1.807, 2.05) is 30.3 Å². The number of anilines is 1. The molecule has 0 saturated carbocycles. The molecule has 0 bridgehead atoms. The third kappa shape index (κ3) is 4.02. The number of rotatable bonds is 6. The second-order valence-corrected chi connectivity index (χ2v) is 6.05. The molecular formula is C21H18N4O3. The van der Waals surface area contributed by atoms with Gasteiger partial charge in [0.2, 0.25) is 5.91 Å². The summed E-state index contributed by atoms with van der Waals surface area (Å²) in [5.41, 5.74) is 7.20. The second kappa shape index (κ2) is 8.10. The average molecular weight is 374 g/mol. The lowest BCUT2D eigenvalue weighted by Gasteiger charge is -2.06. The van der Waals surface area contributed by atoms with E-state index >= 15 is 0 Å². The van der Waals surface area contributed by atoms with Gasteiger partial charge < -0.3 is 20.4 Å². The molecule has 0 fully saturated rings. The maximum absolute atomic E-state index is 12.5. The highest BCUT2D eigenvalue weighted by Crippen LogP contribution is 2.24. The smallest absolute Gasteiger partial charge is 0.266 e. The summed E-state index contributed by atoms with van der Waals surface area (Å²) in [6.45, 7) is 0.00620. The summed E-state index contributed by atoms with van der Waals surface area (Å²) in [4.78, 5) is 23.9. The van der Waals surface area contributed by atoms with Gasteiger partial charge >= 0.3 is 0 Å². The minimum Gasteiger partial charge on any atom is -0.497 e. The van der Waals surface area contributed by atoms with E-state index < -0.39 is 11.8 Å². The first-order chi connectivity index (χ1) is 13.5. The van der Waals surface area contributed by atoms with Crippen LogP contribution in [0.2, 0.25) is 0 Å². The van der Waals surface area contributed by atoms with Crippen molar-refractivity contribution in [2.45, 2.75) is 6.54 Å². The number of primary amides is 1. The van der Waals surface area contributed by atoms with E-state index in [-0.39, 0.29) is 12.1 Å². The van der Waals surface area contributed by atoms with Gasteiger partial charge in [-0.25, -0.2) is 0 Å². The third-order valence-electron chi connectivity index (χ3n) is 4.14. The first kappa shape index (κ1) is 18.7. The van der Waals surface area contributed by atoms with Gasteiger partial charge in [0.15, 0.2) is 0 Å². The number of nitrogens with two attached hydrogens (primary N) is 1. The highest BCUT2D eigenvalue weighted by atomic mass is 16.5. The van der Waals surface area contributed by atoms with E-state index in [0.717, 1.165) is 10.9 Å². The van der Waals surface area contributed by atoms with Crippen molar-refractivity contribution < 1.29 is 14.3 Å². The number of hydrogen-bond donors (Lipinski definition) is 2. The van der Waals surface area contributed by atoms with E-state index in [9.17, 15) is 14.9 Å². The molecule has 7 nitrogen and oxygen atoms in total. The lowest BCUT2D eigenvalue weighted by Crippen LogP contribution is -2.17. The van der Waals surface area contributed by atoms with Gasteiger partial charge in [0, 0.05) is 34.4 Å². The average Bonchev–Trinajstić information content (AvgIpc) is 3.03. The molecule has 0 aliphatic rings. The maximum atomic E-state index is 12.5. The summed E-state index contributed by atoms with van der Waals surface area (Å²) in [6, 6.07) is 16.2. The van der Waals surface area contributed by atoms with Gasteiger partial charge in [-0.3, -0.25) is 9.59 Å². The second-order valence-electron chi connectivity index (χ2n) is 6.05. The Labute approximate surface area is 161 Å². The quantitative estimate of drug-likeness (QED) is 0.510. The van der Waals surface area contributed by atoms with Crippen LogP contribution in [-0.2, 0) is 16.1 Å². The summed E-state index contributed by atoms with van der Waals surface area (Å²) in [5, 5.41) is 13.0. The molecule has 3 N–H and O–H groups in total. The summed E-state index contributed by atoms with van der Waals surface area (Å²) in [6.07, 6.45) is 3.20. The molecule has 1 aromatic heterocycles. The zero-order chi connectivity index (χ0) is 20.1. The van der Waals surface area contributed by atoms with Gasteiger partial charge in [0.05, 0.1) is 7.11 Å². The molecule has 0 radical (unpaired) electrons. The molecule has 0 unspecified atom stereocenters. The van der Waals surface area contributed by atoms with Gasteiger partial charge in [-0.1, -0.05) is 24.3 Å². The molecule has 7 heteroatoms. The Balaban J connectivity index is 1.95. The Morgan fingerprint density at radius 3 is 2.75 bits per heavy atom. The molecule has 1 heterocycles. The third-order valence-corrected chi connectivity index (χ3v) is 4.14. The molecule has 3 aromatic rings. The van der Waals surface area contributed by atoms with Crippen LogP contribution >= 0.6 is 0 Å². The Hall–Kier alpha value is -4.05. The lowest BCUT2D eigenvalue weighted by atomic mass is 10.1. The number of para-hydroxylation sites is 1. The number of hydrogen-bond acceptors (Lipinski definition) is 4. The van der Waals surface area contributed by atoms with Crippen LogP contribution in [0.25, 0.3) is 17.0 Å². The summed E-state index contributed by atoms with van der Waals surface area (Å²) < 4.78 is 6.82. The molecule has 0 saturated heterocycles. The van der Waals surface area contributed by atoms with Gasteiger partial charge in [-0.2, -0.15) is 5.26 Å². The number of nitrogens with one attached hydrogen (secondary N) is 1. The van der Waals surface area contributed by atoms with Crippen LogP contribution in [0.1, 0.15) is 5.56 Å². The Kier molecular flexibility index (Phi) is 5.42. The van der Waals surface area contributed by atoms with Crippen molar-refractivity contribution in [1.82, 2.24) is 4.57 Å². The number of amides is 2. The number of ether oxygens (including phenoxy) is 1. The fourth-order valence-electron chi connectivity index (χ4n) is 2.89. The number of aromatic nitrogens is 1. The lowest BCUT2D eigenvalue weighted by molar-refractivity contribution is -0.118. The molecular weight excluding hydrogens is 356 g/mol.